The molecule has 1 aliphatic rings. The summed E-state index contributed by atoms with van der Waals surface area (Å²) in [5, 5.41) is 0. The molecule has 0 amide bonds. The molecular formula is C10H17F3N2O3S. The van der Waals surface area contributed by atoms with Crippen LogP contribution in [0.1, 0.15) is 26.7 Å². The fourth-order valence-electron chi connectivity index (χ4n) is 1.25. The van der Waals surface area contributed by atoms with Gasteiger partial charge in [0.05, 0.1) is 19.8 Å². The number of hydrogen-bond donors (Lipinski definition) is 0. The maximum Gasteiger partial charge on any atom is 0.485 e. The van der Waals surface area contributed by atoms with Gasteiger partial charge in [-0.1, -0.05) is 13.3 Å². The van der Waals surface area contributed by atoms with E-state index in [1.165, 1.54) is 25.2 Å². The van der Waals surface area contributed by atoms with E-state index in [-0.39, 0.29) is 0 Å². The van der Waals surface area contributed by atoms with Gasteiger partial charge in [-0.05, 0) is 6.42 Å². The van der Waals surface area contributed by atoms with Gasteiger partial charge in [-0.15, -0.1) is 0 Å². The predicted molar refractivity (Wildman–Crippen MR) is 64.0 cm³/mol. The minimum atomic E-state index is -6.09. The zero-order valence-corrected chi connectivity index (χ0v) is 11.8. The van der Waals surface area contributed by atoms with Crippen molar-refractivity contribution in [3.8, 4) is 0 Å². The van der Waals surface area contributed by atoms with Crippen molar-refractivity contribution in [1.29, 1.82) is 0 Å². The SMILES string of the molecule is CCCC[N+]1(C)C=CN=C1C.O=S(=O)([O-])C(F)(F)F. The fourth-order valence-corrected chi connectivity index (χ4v) is 1.25. The van der Waals surface area contributed by atoms with Crippen molar-refractivity contribution in [2.24, 2.45) is 4.99 Å². The molecule has 0 spiro atoms. The van der Waals surface area contributed by atoms with Gasteiger partial charge in [0.25, 0.3) is 0 Å². The van der Waals surface area contributed by atoms with Gasteiger partial charge in [-0.2, -0.15) is 13.2 Å². The quantitative estimate of drug-likeness (QED) is 0.456. The first kappa shape index (κ1) is 18.1. The molecule has 0 aromatic carbocycles. The predicted octanol–water partition coefficient (Wildman–Crippen LogP) is 2.19. The molecule has 0 saturated carbocycles. The molecular weight excluding hydrogens is 285 g/mol. The molecule has 5 nitrogen and oxygen atoms in total. The Balaban J connectivity index is 0.000000362. The third-order valence-electron chi connectivity index (χ3n) is 2.66. The molecule has 0 fully saturated rings. The van der Waals surface area contributed by atoms with Crippen LogP contribution in [0.3, 0.4) is 0 Å². The number of aliphatic imine (C=N–C) groups is 1. The van der Waals surface area contributed by atoms with Crippen molar-refractivity contribution in [3.63, 3.8) is 0 Å². The van der Waals surface area contributed by atoms with Gasteiger partial charge in [-0.3, -0.25) is 4.48 Å². The van der Waals surface area contributed by atoms with E-state index in [0.29, 0.717) is 0 Å². The molecule has 1 rings (SSSR count). The first-order valence-corrected chi connectivity index (χ1v) is 6.95. The molecule has 0 aromatic rings. The van der Waals surface area contributed by atoms with Gasteiger partial charge in [0.15, 0.2) is 10.1 Å². The number of alkyl halides is 3. The Hall–Kier alpha value is -0.930. The van der Waals surface area contributed by atoms with E-state index in [2.05, 4.69) is 32.1 Å². The summed E-state index contributed by atoms with van der Waals surface area (Å²) in [4.78, 5) is 4.25. The lowest BCUT2D eigenvalue weighted by Gasteiger charge is -2.25. The molecule has 0 saturated heterocycles. The number of quaternary nitrogens is 1. The summed E-state index contributed by atoms with van der Waals surface area (Å²) in [7, 11) is -3.88. The van der Waals surface area contributed by atoms with Gasteiger partial charge in [0, 0.05) is 6.92 Å². The highest BCUT2D eigenvalue weighted by atomic mass is 32.2. The van der Waals surface area contributed by atoms with Gasteiger partial charge in [-0.25, -0.2) is 13.4 Å². The van der Waals surface area contributed by atoms with Gasteiger partial charge >= 0.3 is 5.51 Å². The van der Waals surface area contributed by atoms with Crippen LogP contribution in [-0.4, -0.2) is 42.4 Å². The lowest BCUT2D eigenvalue weighted by Crippen LogP contribution is -2.41. The summed E-state index contributed by atoms with van der Waals surface area (Å²) in [5.74, 6) is 1.21. The Morgan fingerprint density at radius 3 is 2.16 bits per heavy atom. The third kappa shape index (κ3) is 5.70. The van der Waals surface area contributed by atoms with E-state index < -0.39 is 15.6 Å². The summed E-state index contributed by atoms with van der Waals surface area (Å²) in [6.07, 6.45) is 6.60. The first-order valence-electron chi connectivity index (χ1n) is 5.54. The van der Waals surface area contributed by atoms with Crippen LogP contribution in [0.25, 0.3) is 0 Å². The highest BCUT2D eigenvalue weighted by Crippen LogP contribution is 2.20. The molecule has 1 unspecified atom stereocenters. The summed E-state index contributed by atoms with van der Waals surface area (Å²) >= 11 is 0. The lowest BCUT2D eigenvalue weighted by atomic mass is 10.3. The van der Waals surface area contributed by atoms with Crippen LogP contribution < -0.4 is 0 Å². The van der Waals surface area contributed by atoms with Gasteiger partial charge in [0.2, 0.25) is 5.84 Å². The summed E-state index contributed by atoms with van der Waals surface area (Å²) in [5.41, 5.74) is -5.65. The molecule has 9 heteroatoms. The van der Waals surface area contributed by atoms with Crippen molar-refractivity contribution in [1.82, 2.24) is 0 Å². The molecule has 1 atom stereocenters. The second-order valence-corrected chi connectivity index (χ2v) is 5.59. The van der Waals surface area contributed by atoms with Crippen molar-refractivity contribution < 1.29 is 30.6 Å². The van der Waals surface area contributed by atoms with Crippen LogP contribution in [0, 0.1) is 0 Å². The van der Waals surface area contributed by atoms with E-state index in [9.17, 15) is 13.2 Å². The van der Waals surface area contributed by atoms with Crippen molar-refractivity contribution >= 4 is 16.0 Å². The van der Waals surface area contributed by atoms with Crippen LogP contribution in [-0.2, 0) is 10.1 Å². The van der Waals surface area contributed by atoms with Crippen LogP contribution in [0.15, 0.2) is 17.4 Å². The number of amidine groups is 1. The molecule has 0 N–H and O–H groups in total. The van der Waals surface area contributed by atoms with E-state index >= 15 is 0 Å². The van der Waals surface area contributed by atoms with E-state index in [4.69, 9.17) is 13.0 Å². The van der Waals surface area contributed by atoms with Crippen LogP contribution in [0.2, 0.25) is 0 Å². The Morgan fingerprint density at radius 2 is 1.89 bits per heavy atom. The van der Waals surface area contributed by atoms with Gasteiger partial charge < -0.3 is 4.55 Å². The minimum absolute atomic E-state index is 0.911. The molecule has 112 valence electrons. The largest absolute Gasteiger partial charge is 0.741 e. The zero-order chi connectivity index (χ0) is 15.3. The average molecular weight is 302 g/mol. The third-order valence-corrected chi connectivity index (χ3v) is 3.22. The minimum Gasteiger partial charge on any atom is -0.741 e. The summed E-state index contributed by atoms with van der Waals surface area (Å²) < 4.78 is 59.8. The number of rotatable bonds is 3. The highest BCUT2D eigenvalue weighted by Gasteiger charge is 2.36. The van der Waals surface area contributed by atoms with E-state index in [1.807, 2.05) is 6.20 Å². The van der Waals surface area contributed by atoms with E-state index in [0.717, 1.165) is 4.48 Å². The molecule has 0 aliphatic carbocycles. The lowest BCUT2D eigenvalue weighted by molar-refractivity contribution is -0.764. The number of halogens is 3. The average Bonchev–Trinajstić information content (AvgIpc) is 2.55. The Labute approximate surface area is 110 Å². The molecule has 19 heavy (non-hydrogen) atoms. The normalized spacial score (nSPS) is 22.8. The smallest absolute Gasteiger partial charge is 0.485 e. The Kier molecular flexibility index (Phi) is 6.17. The number of unbranched alkanes of at least 4 members (excludes halogenated alkanes) is 1. The Morgan fingerprint density at radius 1 is 1.42 bits per heavy atom. The topological polar surface area (TPSA) is 69.6 Å². The van der Waals surface area contributed by atoms with E-state index in [1.54, 1.807) is 0 Å². The molecule has 1 aliphatic heterocycles. The number of hydrogen-bond acceptors (Lipinski definition) is 4. The van der Waals surface area contributed by atoms with Crippen molar-refractivity contribution in [3.05, 3.63) is 12.4 Å². The monoisotopic (exact) mass is 302 g/mol. The van der Waals surface area contributed by atoms with Crippen LogP contribution in [0.5, 0.6) is 0 Å². The molecule has 0 bridgehead atoms. The van der Waals surface area contributed by atoms with Crippen molar-refractivity contribution in [2.75, 3.05) is 13.6 Å². The second-order valence-electron chi connectivity index (χ2n) is 4.22. The zero-order valence-electron chi connectivity index (χ0n) is 10.9. The summed E-state index contributed by atoms with van der Waals surface area (Å²) in [6, 6.07) is 0. The first-order chi connectivity index (χ1) is 8.44. The van der Waals surface area contributed by atoms with Crippen molar-refractivity contribution in [2.45, 2.75) is 32.2 Å². The standard InChI is InChI=1S/C9H17N2.CHF3O3S/c1-4-5-7-11(3)8-6-10-9(11)2;2-1(3,4)8(5,6)7/h6,8H,4-5,7H2,1-3H3;(H,5,6,7)/q+1;/p-1. The van der Waals surface area contributed by atoms with Gasteiger partial charge in [0.1, 0.15) is 6.20 Å². The van der Waals surface area contributed by atoms with Crippen LogP contribution in [0.4, 0.5) is 13.2 Å². The maximum absolute atomic E-state index is 10.7. The molecule has 0 aromatic heterocycles. The Bertz CT molecular complexity index is 457. The maximum atomic E-state index is 10.7. The molecule has 0 radical (unpaired) electrons. The number of nitrogens with zero attached hydrogens (tertiary/aromatic N) is 2. The summed E-state index contributed by atoms with van der Waals surface area (Å²) in [6.45, 7) is 5.50. The second kappa shape index (κ2) is 6.49. The van der Waals surface area contributed by atoms with Crippen LogP contribution >= 0.6 is 0 Å². The highest BCUT2D eigenvalue weighted by molar-refractivity contribution is 7.86. The molecule has 1 heterocycles. The fraction of sp³-hybridized carbons (Fsp3) is 0.700.